The predicted molar refractivity (Wildman–Crippen MR) is 86.6 cm³/mol. The monoisotopic (exact) mass is 298 g/mol. The molecule has 0 bridgehead atoms. The Morgan fingerprint density at radius 2 is 1.80 bits per heavy atom. The molecular formula is C16H30N2OS. The molecule has 0 aromatic carbocycles. The molecule has 0 aliphatic carbocycles. The molecule has 1 atom stereocenters. The van der Waals surface area contributed by atoms with Crippen LogP contribution in [0.1, 0.15) is 38.5 Å². The van der Waals surface area contributed by atoms with Gasteiger partial charge in [-0.05, 0) is 62.9 Å². The van der Waals surface area contributed by atoms with Gasteiger partial charge in [0, 0.05) is 32.3 Å². The van der Waals surface area contributed by atoms with Crippen LogP contribution >= 0.6 is 12.6 Å². The Morgan fingerprint density at radius 3 is 2.50 bits per heavy atom. The van der Waals surface area contributed by atoms with Crippen LogP contribution in [-0.4, -0.2) is 67.5 Å². The van der Waals surface area contributed by atoms with Crippen molar-refractivity contribution in [2.45, 2.75) is 44.6 Å². The van der Waals surface area contributed by atoms with Crippen LogP contribution in [0.15, 0.2) is 0 Å². The van der Waals surface area contributed by atoms with Crippen LogP contribution in [0.25, 0.3) is 0 Å². The molecule has 3 nitrogen and oxygen atoms in total. The fraction of sp³-hybridized carbons (Fsp3) is 1.00. The zero-order chi connectivity index (χ0) is 13.8. The van der Waals surface area contributed by atoms with Crippen LogP contribution < -0.4 is 0 Å². The standard InChI is InChI=1S/C16H30N2OS/c20-14-16(5-10-19-11-6-16)13-17-9-4-15(12-17)18-7-2-1-3-8-18/h15,20H,1-14H2. The van der Waals surface area contributed by atoms with E-state index < -0.39 is 0 Å². The maximum absolute atomic E-state index is 5.55. The van der Waals surface area contributed by atoms with Gasteiger partial charge in [-0.1, -0.05) is 6.42 Å². The van der Waals surface area contributed by atoms with Crippen LogP contribution in [0.3, 0.4) is 0 Å². The molecule has 0 aromatic heterocycles. The topological polar surface area (TPSA) is 15.7 Å². The molecule has 1 unspecified atom stereocenters. The van der Waals surface area contributed by atoms with E-state index in [-0.39, 0.29) is 0 Å². The van der Waals surface area contributed by atoms with E-state index in [9.17, 15) is 0 Å². The van der Waals surface area contributed by atoms with Gasteiger partial charge in [0.05, 0.1) is 0 Å². The van der Waals surface area contributed by atoms with E-state index in [0.29, 0.717) is 5.41 Å². The van der Waals surface area contributed by atoms with Crippen LogP contribution in [0.4, 0.5) is 0 Å². The summed E-state index contributed by atoms with van der Waals surface area (Å²) < 4.78 is 5.55. The summed E-state index contributed by atoms with van der Waals surface area (Å²) in [6.07, 6.45) is 8.03. The third kappa shape index (κ3) is 3.52. The minimum absolute atomic E-state index is 0.415. The van der Waals surface area contributed by atoms with Gasteiger partial charge in [0.25, 0.3) is 0 Å². The van der Waals surface area contributed by atoms with Crippen molar-refractivity contribution < 1.29 is 4.74 Å². The molecule has 3 aliphatic rings. The van der Waals surface area contributed by atoms with Gasteiger partial charge in [-0.3, -0.25) is 4.90 Å². The number of piperidine rings is 1. The maximum Gasteiger partial charge on any atom is 0.0472 e. The zero-order valence-corrected chi connectivity index (χ0v) is 13.6. The Bertz CT molecular complexity index is 301. The number of nitrogens with zero attached hydrogens (tertiary/aromatic N) is 2. The molecule has 0 saturated carbocycles. The highest BCUT2D eigenvalue weighted by atomic mass is 32.1. The van der Waals surface area contributed by atoms with Crippen LogP contribution in [0, 0.1) is 5.41 Å². The average Bonchev–Trinajstić information content (AvgIpc) is 2.97. The highest BCUT2D eigenvalue weighted by Gasteiger charge is 2.36. The van der Waals surface area contributed by atoms with Crippen molar-refractivity contribution >= 4 is 12.6 Å². The summed E-state index contributed by atoms with van der Waals surface area (Å²) in [7, 11) is 0. The molecule has 4 heteroatoms. The Morgan fingerprint density at radius 1 is 1.05 bits per heavy atom. The van der Waals surface area contributed by atoms with Crippen molar-refractivity contribution in [2.24, 2.45) is 5.41 Å². The number of rotatable bonds is 4. The summed E-state index contributed by atoms with van der Waals surface area (Å²) in [6.45, 7) is 8.36. The second kappa shape index (κ2) is 6.99. The average molecular weight is 298 g/mol. The number of hydrogen-bond donors (Lipinski definition) is 1. The smallest absolute Gasteiger partial charge is 0.0472 e. The lowest BCUT2D eigenvalue weighted by Crippen LogP contribution is -2.44. The Hall–Kier alpha value is 0.230. The van der Waals surface area contributed by atoms with Crippen molar-refractivity contribution in [2.75, 3.05) is 51.7 Å². The van der Waals surface area contributed by atoms with E-state index in [2.05, 4.69) is 22.4 Å². The first-order chi connectivity index (χ1) is 9.81. The minimum Gasteiger partial charge on any atom is -0.381 e. The first-order valence-corrected chi connectivity index (χ1v) is 9.10. The number of hydrogen-bond acceptors (Lipinski definition) is 4. The maximum atomic E-state index is 5.55. The highest BCUT2D eigenvalue weighted by Crippen LogP contribution is 2.34. The molecule has 3 aliphatic heterocycles. The molecular weight excluding hydrogens is 268 g/mol. The van der Waals surface area contributed by atoms with Gasteiger partial charge in [-0.2, -0.15) is 12.6 Å². The van der Waals surface area contributed by atoms with E-state index in [1.165, 1.54) is 71.2 Å². The summed E-state index contributed by atoms with van der Waals surface area (Å²) in [5, 5.41) is 0. The van der Waals surface area contributed by atoms with Crippen LogP contribution in [0.5, 0.6) is 0 Å². The summed E-state index contributed by atoms with van der Waals surface area (Å²) in [4.78, 5) is 5.46. The number of ether oxygens (including phenoxy) is 1. The lowest BCUT2D eigenvalue weighted by Gasteiger charge is -2.39. The molecule has 0 radical (unpaired) electrons. The SMILES string of the molecule is SCC1(CN2CCC(N3CCCCC3)C2)CCOCC1. The second-order valence-electron chi connectivity index (χ2n) is 7.04. The first-order valence-electron chi connectivity index (χ1n) is 8.46. The molecule has 3 rings (SSSR count). The van der Waals surface area contributed by atoms with E-state index in [1.54, 1.807) is 0 Å². The van der Waals surface area contributed by atoms with Gasteiger partial charge in [0.2, 0.25) is 0 Å². The van der Waals surface area contributed by atoms with Gasteiger partial charge in [0.1, 0.15) is 0 Å². The van der Waals surface area contributed by atoms with E-state index >= 15 is 0 Å². The van der Waals surface area contributed by atoms with Gasteiger partial charge in [-0.15, -0.1) is 0 Å². The van der Waals surface area contributed by atoms with E-state index in [1.807, 2.05) is 0 Å². The predicted octanol–water partition coefficient (Wildman–Crippen LogP) is 2.27. The highest BCUT2D eigenvalue weighted by molar-refractivity contribution is 7.80. The van der Waals surface area contributed by atoms with Gasteiger partial charge < -0.3 is 9.64 Å². The fourth-order valence-electron chi connectivity index (χ4n) is 4.18. The minimum atomic E-state index is 0.415. The first kappa shape index (κ1) is 15.1. The molecule has 0 spiro atoms. The summed E-state index contributed by atoms with van der Waals surface area (Å²) >= 11 is 4.65. The summed E-state index contributed by atoms with van der Waals surface area (Å²) in [6, 6.07) is 0.826. The lowest BCUT2D eigenvalue weighted by atomic mass is 9.81. The van der Waals surface area contributed by atoms with Crippen molar-refractivity contribution in [3.8, 4) is 0 Å². The normalized spacial score (nSPS) is 32.5. The summed E-state index contributed by atoms with van der Waals surface area (Å²) in [5.41, 5.74) is 0.415. The molecule has 0 N–H and O–H groups in total. The summed E-state index contributed by atoms with van der Waals surface area (Å²) in [5.74, 6) is 1.02. The quantitative estimate of drug-likeness (QED) is 0.802. The van der Waals surface area contributed by atoms with Crippen molar-refractivity contribution in [1.29, 1.82) is 0 Å². The third-order valence-corrected chi connectivity index (χ3v) is 6.27. The molecule has 3 fully saturated rings. The molecule has 3 saturated heterocycles. The zero-order valence-electron chi connectivity index (χ0n) is 12.7. The molecule has 3 heterocycles. The van der Waals surface area contributed by atoms with Gasteiger partial charge in [0.15, 0.2) is 0 Å². The van der Waals surface area contributed by atoms with Gasteiger partial charge in [-0.25, -0.2) is 0 Å². The Balaban J connectivity index is 1.51. The number of likely N-dealkylation sites (tertiary alicyclic amines) is 2. The lowest BCUT2D eigenvalue weighted by molar-refractivity contribution is 0.0100. The van der Waals surface area contributed by atoms with Crippen LogP contribution in [-0.2, 0) is 4.74 Å². The molecule has 116 valence electrons. The molecule has 20 heavy (non-hydrogen) atoms. The Labute approximate surface area is 129 Å². The van der Waals surface area contributed by atoms with E-state index in [4.69, 9.17) is 4.74 Å². The van der Waals surface area contributed by atoms with Crippen molar-refractivity contribution in [3.05, 3.63) is 0 Å². The van der Waals surface area contributed by atoms with Crippen molar-refractivity contribution in [1.82, 2.24) is 9.80 Å². The number of thiol groups is 1. The Kier molecular flexibility index (Phi) is 5.29. The van der Waals surface area contributed by atoms with Crippen molar-refractivity contribution in [3.63, 3.8) is 0 Å². The largest absolute Gasteiger partial charge is 0.381 e. The van der Waals surface area contributed by atoms with E-state index in [0.717, 1.165) is 25.0 Å². The fourth-order valence-corrected chi connectivity index (χ4v) is 4.60. The second-order valence-corrected chi connectivity index (χ2v) is 7.36. The van der Waals surface area contributed by atoms with Gasteiger partial charge >= 0.3 is 0 Å². The molecule has 0 amide bonds. The third-order valence-electron chi connectivity index (χ3n) is 5.60. The molecule has 0 aromatic rings. The van der Waals surface area contributed by atoms with Crippen LogP contribution in [0.2, 0.25) is 0 Å².